The van der Waals surface area contributed by atoms with Crippen molar-refractivity contribution in [2.75, 3.05) is 0 Å². The summed E-state index contributed by atoms with van der Waals surface area (Å²) in [4.78, 5) is 10.4. The fourth-order valence-electron chi connectivity index (χ4n) is 1.57. The van der Waals surface area contributed by atoms with Crippen LogP contribution in [0.25, 0.3) is 0 Å². The van der Waals surface area contributed by atoms with Gasteiger partial charge in [0.05, 0.1) is 0 Å². The van der Waals surface area contributed by atoms with Gasteiger partial charge in [-0.15, -0.1) is 12.3 Å². The highest BCUT2D eigenvalue weighted by Gasteiger charge is 2.22. The van der Waals surface area contributed by atoms with Crippen molar-refractivity contribution in [1.82, 2.24) is 0 Å². The number of carbonyl (C=O) groups excluding carboxylic acids is 1. The molecule has 1 aliphatic rings. The van der Waals surface area contributed by atoms with E-state index in [9.17, 15) is 4.79 Å². The minimum atomic E-state index is -0.697. The minimum Gasteiger partial charge on any atom is -0.446 e. The van der Waals surface area contributed by atoms with Gasteiger partial charge in [-0.3, -0.25) is 0 Å². The molecule has 1 aliphatic carbocycles. The zero-order valence-electron chi connectivity index (χ0n) is 6.95. The quantitative estimate of drug-likeness (QED) is 0.598. The fraction of sp³-hybridized carbons (Fsp3) is 0.667. The van der Waals surface area contributed by atoms with E-state index in [-0.39, 0.29) is 12.0 Å². The predicted molar refractivity (Wildman–Crippen MR) is 45.2 cm³/mol. The summed E-state index contributed by atoms with van der Waals surface area (Å²) in [5.41, 5.74) is 4.90. The summed E-state index contributed by atoms with van der Waals surface area (Å²) in [6.07, 6.45) is 8.23. The van der Waals surface area contributed by atoms with E-state index >= 15 is 0 Å². The maximum absolute atomic E-state index is 10.4. The molecule has 0 radical (unpaired) electrons. The molecule has 3 nitrogen and oxygen atoms in total. The maximum atomic E-state index is 10.4. The number of rotatable bonds is 1. The number of nitrogens with two attached hydrogens (primary N) is 1. The molecule has 1 saturated carbocycles. The van der Waals surface area contributed by atoms with Crippen LogP contribution in [0.4, 0.5) is 4.79 Å². The van der Waals surface area contributed by atoms with E-state index in [1.165, 1.54) is 0 Å². The molecule has 0 aromatic rings. The monoisotopic (exact) mass is 167 g/mol. The van der Waals surface area contributed by atoms with Gasteiger partial charge in [0.15, 0.2) is 0 Å². The molecule has 12 heavy (non-hydrogen) atoms. The van der Waals surface area contributed by atoms with Crippen LogP contribution in [0, 0.1) is 18.3 Å². The molecule has 3 heteroatoms. The molecule has 0 aliphatic heterocycles. The summed E-state index contributed by atoms with van der Waals surface area (Å²) in [7, 11) is 0. The molecular formula is C9H13NO2. The first-order chi connectivity index (χ1) is 5.72. The summed E-state index contributed by atoms with van der Waals surface area (Å²) < 4.78 is 4.87. The Balaban J connectivity index is 2.36. The van der Waals surface area contributed by atoms with E-state index < -0.39 is 6.09 Å². The normalized spacial score (nSPS) is 28.9. The van der Waals surface area contributed by atoms with Crippen LogP contribution in [0.1, 0.15) is 25.7 Å². The second-order valence-electron chi connectivity index (χ2n) is 3.09. The van der Waals surface area contributed by atoms with Crippen LogP contribution in [0.3, 0.4) is 0 Å². The first kappa shape index (κ1) is 8.92. The Kier molecular flexibility index (Phi) is 2.98. The summed E-state index contributed by atoms with van der Waals surface area (Å²) in [5, 5.41) is 0. The summed E-state index contributed by atoms with van der Waals surface area (Å²) in [6, 6.07) is 0. The van der Waals surface area contributed by atoms with Crippen LogP contribution in [0.15, 0.2) is 0 Å². The molecule has 0 aromatic heterocycles. The highest BCUT2D eigenvalue weighted by atomic mass is 16.6. The molecule has 2 atom stereocenters. The Labute approximate surface area is 72.3 Å². The van der Waals surface area contributed by atoms with Crippen LogP contribution < -0.4 is 5.73 Å². The van der Waals surface area contributed by atoms with Gasteiger partial charge < -0.3 is 10.5 Å². The SMILES string of the molecule is C#C[C@@H]1CCC[C@H](OC(N)=O)C1. The second-order valence-corrected chi connectivity index (χ2v) is 3.09. The van der Waals surface area contributed by atoms with Gasteiger partial charge in [0.1, 0.15) is 6.10 Å². The number of hydrogen-bond donors (Lipinski definition) is 1. The third kappa shape index (κ3) is 2.46. The van der Waals surface area contributed by atoms with Crippen molar-refractivity contribution in [1.29, 1.82) is 0 Å². The Bertz CT molecular complexity index is 207. The average Bonchev–Trinajstić information content (AvgIpc) is 2.03. The van der Waals surface area contributed by atoms with Crippen molar-refractivity contribution < 1.29 is 9.53 Å². The Morgan fingerprint density at radius 3 is 2.92 bits per heavy atom. The molecule has 0 saturated heterocycles. The third-order valence-corrected chi connectivity index (χ3v) is 2.14. The van der Waals surface area contributed by atoms with E-state index in [2.05, 4.69) is 5.92 Å². The van der Waals surface area contributed by atoms with Crippen LogP contribution in [0.2, 0.25) is 0 Å². The van der Waals surface area contributed by atoms with Crippen molar-refractivity contribution in [3.63, 3.8) is 0 Å². The lowest BCUT2D eigenvalue weighted by Gasteiger charge is -2.24. The van der Waals surface area contributed by atoms with Crippen LogP contribution in [-0.4, -0.2) is 12.2 Å². The number of amides is 1. The topological polar surface area (TPSA) is 52.3 Å². The molecule has 0 heterocycles. The molecule has 2 N–H and O–H groups in total. The molecule has 0 unspecified atom stereocenters. The van der Waals surface area contributed by atoms with Gasteiger partial charge in [0.2, 0.25) is 0 Å². The van der Waals surface area contributed by atoms with Gasteiger partial charge in [0.25, 0.3) is 0 Å². The number of primary amides is 1. The zero-order valence-corrected chi connectivity index (χ0v) is 6.95. The zero-order chi connectivity index (χ0) is 8.97. The van der Waals surface area contributed by atoms with Crippen molar-refractivity contribution in [3.8, 4) is 12.3 Å². The number of hydrogen-bond acceptors (Lipinski definition) is 2. The molecule has 0 aromatic carbocycles. The minimum absolute atomic E-state index is 0.0581. The predicted octanol–water partition coefficient (Wildman–Crippen LogP) is 1.27. The fourth-order valence-corrected chi connectivity index (χ4v) is 1.57. The molecule has 0 spiro atoms. The first-order valence-corrected chi connectivity index (χ1v) is 4.14. The lowest BCUT2D eigenvalue weighted by Crippen LogP contribution is -2.27. The van der Waals surface area contributed by atoms with Gasteiger partial charge in [-0.25, -0.2) is 4.79 Å². The van der Waals surface area contributed by atoms with E-state index in [1.807, 2.05) is 0 Å². The van der Waals surface area contributed by atoms with Crippen LogP contribution >= 0.6 is 0 Å². The smallest absolute Gasteiger partial charge is 0.404 e. The van der Waals surface area contributed by atoms with Crippen molar-refractivity contribution in [3.05, 3.63) is 0 Å². The summed E-state index contributed by atoms with van der Waals surface area (Å²) >= 11 is 0. The number of carbonyl (C=O) groups is 1. The Hall–Kier alpha value is -1.17. The number of terminal acetylenes is 1. The molecule has 1 fully saturated rings. The van der Waals surface area contributed by atoms with E-state index in [0.29, 0.717) is 0 Å². The second kappa shape index (κ2) is 4.01. The van der Waals surface area contributed by atoms with Gasteiger partial charge in [-0.2, -0.15) is 0 Å². The van der Waals surface area contributed by atoms with Crippen molar-refractivity contribution >= 4 is 6.09 Å². The third-order valence-electron chi connectivity index (χ3n) is 2.14. The van der Waals surface area contributed by atoms with Gasteiger partial charge in [-0.05, 0) is 25.7 Å². The lowest BCUT2D eigenvalue weighted by atomic mass is 9.88. The average molecular weight is 167 g/mol. The van der Waals surface area contributed by atoms with Crippen LogP contribution in [0.5, 0.6) is 0 Å². The molecule has 1 amide bonds. The Morgan fingerprint density at radius 2 is 2.33 bits per heavy atom. The van der Waals surface area contributed by atoms with Crippen molar-refractivity contribution in [2.45, 2.75) is 31.8 Å². The van der Waals surface area contributed by atoms with Gasteiger partial charge >= 0.3 is 6.09 Å². The van der Waals surface area contributed by atoms with E-state index in [4.69, 9.17) is 16.9 Å². The standard InChI is InChI=1S/C9H13NO2/c1-2-7-4-3-5-8(6-7)12-9(10)11/h1,7-8H,3-6H2,(H2,10,11)/t7-,8+/m1/s1. The molecule has 0 bridgehead atoms. The molecular weight excluding hydrogens is 154 g/mol. The lowest BCUT2D eigenvalue weighted by molar-refractivity contribution is 0.0743. The van der Waals surface area contributed by atoms with Gasteiger partial charge in [0, 0.05) is 5.92 Å². The molecule has 66 valence electrons. The molecule has 1 rings (SSSR count). The van der Waals surface area contributed by atoms with E-state index in [1.54, 1.807) is 0 Å². The maximum Gasteiger partial charge on any atom is 0.404 e. The van der Waals surface area contributed by atoms with Crippen LogP contribution in [-0.2, 0) is 4.74 Å². The Morgan fingerprint density at radius 1 is 1.58 bits per heavy atom. The number of ether oxygens (including phenoxy) is 1. The first-order valence-electron chi connectivity index (χ1n) is 4.14. The van der Waals surface area contributed by atoms with Crippen molar-refractivity contribution in [2.24, 2.45) is 11.7 Å². The largest absolute Gasteiger partial charge is 0.446 e. The highest BCUT2D eigenvalue weighted by Crippen LogP contribution is 2.25. The van der Waals surface area contributed by atoms with Gasteiger partial charge in [-0.1, -0.05) is 0 Å². The summed E-state index contributed by atoms with van der Waals surface area (Å²) in [5.74, 6) is 2.93. The summed E-state index contributed by atoms with van der Waals surface area (Å²) in [6.45, 7) is 0. The van der Waals surface area contributed by atoms with E-state index in [0.717, 1.165) is 25.7 Å². The highest BCUT2D eigenvalue weighted by molar-refractivity contribution is 5.64.